The van der Waals surface area contributed by atoms with Gasteiger partial charge in [-0.05, 0) is 45.2 Å². The third kappa shape index (κ3) is 4.12. The topological polar surface area (TPSA) is 29.3 Å². The highest BCUT2D eigenvalue weighted by Gasteiger charge is 2.24. The van der Waals surface area contributed by atoms with E-state index < -0.39 is 0 Å². The van der Waals surface area contributed by atoms with E-state index in [1.54, 1.807) is 0 Å². The Bertz CT molecular complexity index is 170. The first-order valence-electron chi connectivity index (χ1n) is 6.61. The molecule has 0 saturated heterocycles. The molecule has 1 rings (SSSR count). The number of rotatable bonds is 5. The van der Waals surface area contributed by atoms with Gasteiger partial charge in [0.2, 0.25) is 0 Å². The second kappa shape index (κ2) is 6.49. The molecule has 0 aliphatic heterocycles. The van der Waals surface area contributed by atoms with Crippen LogP contribution in [0.25, 0.3) is 0 Å². The van der Waals surface area contributed by atoms with Crippen LogP contribution in [0, 0.1) is 5.92 Å². The van der Waals surface area contributed by atoms with Gasteiger partial charge in [-0.2, -0.15) is 0 Å². The minimum Gasteiger partial charge on any atom is -0.328 e. The summed E-state index contributed by atoms with van der Waals surface area (Å²) in [6, 6.07) is 1.20. The van der Waals surface area contributed by atoms with Crippen molar-refractivity contribution in [1.29, 1.82) is 0 Å². The molecular formula is C13H28N2. The minimum atomic E-state index is 0.395. The molecule has 3 atom stereocenters. The SMILES string of the molecule is CCC(N)CCN(C)C1CCCCC1C. The molecule has 2 heteroatoms. The second-order valence-electron chi connectivity index (χ2n) is 5.27. The normalized spacial score (nSPS) is 29.4. The molecule has 90 valence electrons. The van der Waals surface area contributed by atoms with Gasteiger partial charge in [-0.15, -0.1) is 0 Å². The van der Waals surface area contributed by atoms with E-state index in [-0.39, 0.29) is 0 Å². The third-order valence-corrected chi connectivity index (χ3v) is 4.01. The third-order valence-electron chi connectivity index (χ3n) is 4.01. The van der Waals surface area contributed by atoms with Crippen molar-refractivity contribution in [3.63, 3.8) is 0 Å². The lowest BCUT2D eigenvalue weighted by atomic mass is 9.85. The van der Waals surface area contributed by atoms with Crippen LogP contribution in [0.2, 0.25) is 0 Å². The van der Waals surface area contributed by atoms with Crippen LogP contribution in [0.5, 0.6) is 0 Å². The summed E-state index contributed by atoms with van der Waals surface area (Å²) in [5, 5.41) is 0. The van der Waals surface area contributed by atoms with Crippen LogP contribution >= 0.6 is 0 Å². The minimum absolute atomic E-state index is 0.395. The molecule has 0 heterocycles. The summed E-state index contributed by atoms with van der Waals surface area (Å²) < 4.78 is 0. The van der Waals surface area contributed by atoms with E-state index in [1.165, 1.54) is 32.2 Å². The maximum absolute atomic E-state index is 5.96. The Labute approximate surface area is 95.2 Å². The van der Waals surface area contributed by atoms with Crippen molar-refractivity contribution in [3.8, 4) is 0 Å². The van der Waals surface area contributed by atoms with Gasteiger partial charge in [-0.25, -0.2) is 0 Å². The molecule has 0 spiro atoms. The molecule has 0 aromatic rings. The van der Waals surface area contributed by atoms with E-state index in [2.05, 4.69) is 25.8 Å². The summed E-state index contributed by atoms with van der Waals surface area (Å²) in [5.74, 6) is 0.876. The highest BCUT2D eigenvalue weighted by Crippen LogP contribution is 2.27. The maximum atomic E-state index is 5.96. The Morgan fingerprint density at radius 2 is 2.00 bits per heavy atom. The monoisotopic (exact) mass is 212 g/mol. The molecule has 1 aliphatic carbocycles. The van der Waals surface area contributed by atoms with Crippen LogP contribution < -0.4 is 5.73 Å². The summed E-state index contributed by atoms with van der Waals surface area (Å²) in [4.78, 5) is 2.54. The Hall–Kier alpha value is -0.0800. The molecule has 1 saturated carbocycles. The van der Waals surface area contributed by atoms with Gasteiger partial charge < -0.3 is 10.6 Å². The summed E-state index contributed by atoms with van der Waals surface area (Å²) in [5.41, 5.74) is 5.96. The van der Waals surface area contributed by atoms with E-state index in [4.69, 9.17) is 5.73 Å². The van der Waals surface area contributed by atoms with Gasteiger partial charge in [-0.3, -0.25) is 0 Å². The Balaban J connectivity index is 2.28. The highest BCUT2D eigenvalue weighted by molar-refractivity contribution is 4.79. The molecule has 0 bridgehead atoms. The van der Waals surface area contributed by atoms with Crippen LogP contribution in [-0.4, -0.2) is 30.6 Å². The average Bonchev–Trinajstić information content (AvgIpc) is 2.26. The lowest BCUT2D eigenvalue weighted by molar-refractivity contribution is 0.136. The van der Waals surface area contributed by atoms with E-state index in [9.17, 15) is 0 Å². The van der Waals surface area contributed by atoms with Crippen LogP contribution in [-0.2, 0) is 0 Å². The van der Waals surface area contributed by atoms with Crippen molar-refractivity contribution in [2.45, 2.75) is 64.5 Å². The van der Waals surface area contributed by atoms with Crippen molar-refractivity contribution in [2.75, 3.05) is 13.6 Å². The zero-order valence-electron chi connectivity index (χ0n) is 10.7. The first kappa shape index (κ1) is 13.0. The standard InChI is InChI=1S/C13H28N2/c1-4-12(14)9-10-15(3)13-8-6-5-7-11(13)2/h11-13H,4-10,14H2,1-3H3. The zero-order chi connectivity index (χ0) is 11.3. The summed E-state index contributed by atoms with van der Waals surface area (Å²) in [6.45, 7) is 5.75. The molecule has 0 aromatic carbocycles. The lowest BCUT2D eigenvalue weighted by Gasteiger charge is -2.36. The van der Waals surface area contributed by atoms with Gasteiger partial charge in [0, 0.05) is 12.1 Å². The van der Waals surface area contributed by atoms with Gasteiger partial charge in [0.1, 0.15) is 0 Å². The number of hydrogen-bond acceptors (Lipinski definition) is 2. The molecule has 15 heavy (non-hydrogen) atoms. The fourth-order valence-electron chi connectivity index (χ4n) is 2.69. The summed E-state index contributed by atoms with van der Waals surface area (Å²) in [7, 11) is 2.27. The Morgan fingerprint density at radius 3 is 2.60 bits per heavy atom. The fraction of sp³-hybridized carbons (Fsp3) is 1.00. The van der Waals surface area contributed by atoms with Crippen molar-refractivity contribution in [1.82, 2.24) is 4.90 Å². The van der Waals surface area contributed by atoms with E-state index in [0.29, 0.717) is 6.04 Å². The first-order chi connectivity index (χ1) is 7.15. The predicted octanol–water partition coefficient (Wildman–Crippen LogP) is 2.62. The Morgan fingerprint density at radius 1 is 1.33 bits per heavy atom. The second-order valence-corrected chi connectivity index (χ2v) is 5.27. The lowest BCUT2D eigenvalue weighted by Crippen LogP contribution is -2.40. The summed E-state index contributed by atoms with van der Waals surface area (Å²) >= 11 is 0. The number of nitrogens with two attached hydrogens (primary N) is 1. The molecule has 1 aliphatic rings. The molecule has 2 nitrogen and oxygen atoms in total. The number of nitrogens with zero attached hydrogens (tertiary/aromatic N) is 1. The van der Waals surface area contributed by atoms with Gasteiger partial charge in [0.05, 0.1) is 0 Å². The summed E-state index contributed by atoms with van der Waals surface area (Å²) in [6.07, 6.45) is 7.90. The molecule has 0 amide bonds. The largest absolute Gasteiger partial charge is 0.328 e. The number of hydrogen-bond donors (Lipinski definition) is 1. The van der Waals surface area contributed by atoms with Crippen molar-refractivity contribution in [3.05, 3.63) is 0 Å². The fourth-order valence-corrected chi connectivity index (χ4v) is 2.69. The van der Waals surface area contributed by atoms with Gasteiger partial charge in [-0.1, -0.05) is 26.7 Å². The van der Waals surface area contributed by atoms with E-state index in [0.717, 1.165) is 24.8 Å². The van der Waals surface area contributed by atoms with Crippen LogP contribution in [0.15, 0.2) is 0 Å². The van der Waals surface area contributed by atoms with Gasteiger partial charge in [0.25, 0.3) is 0 Å². The molecule has 0 radical (unpaired) electrons. The van der Waals surface area contributed by atoms with Crippen LogP contribution in [0.3, 0.4) is 0 Å². The van der Waals surface area contributed by atoms with Crippen molar-refractivity contribution >= 4 is 0 Å². The molecule has 1 fully saturated rings. The van der Waals surface area contributed by atoms with E-state index >= 15 is 0 Å². The molecular weight excluding hydrogens is 184 g/mol. The quantitative estimate of drug-likeness (QED) is 0.759. The molecule has 0 aromatic heterocycles. The maximum Gasteiger partial charge on any atom is 0.0118 e. The average molecular weight is 212 g/mol. The van der Waals surface area contributed by atoms with E-state index in [1.807, 2.05) is 0 Å². The molecule has 3 unspecified atom stereocenters. The highest BCUT2D eigenvalue weighted by atomic mass is 15.1. The van der Waals surface area contributed by atoms with Crippen molar-refractivity contribution < 1.29 is 0 Å². The first-order valence-corrected chi connectivity index (χ1v) is 6.61. The zero-order valence-corrected chi connectivity index (χ0v) is 10.7. The van der Waals surface area contributed by atoms with Crippen LogP contribution in [0.1, 0.15) is 52.4 Å². The van der Waals surface area contributed by atoms with Gasteiger partial charge in [0.15, 0.2) is 0 Å². The van der Waals surface area contributed by atoms with Crippen LogP contribution in [0.4, 0.5) is 0 Å². The van der Waals surface area contributed by atoms with Crippen molar-refractivity contribution in [2.24, 2.45) is 11.7 Å². The van der Waals surface area contributed by atoms with Gasteiger partial charge >= 0.3 is 0 Å². The smallest absolute Gasteiger partial charge is 0.0118 e. The Kier molecular flexibility index (Phi) is 5.62. The molecule has 2 N–H and O–H groups in total. The predicted molar refractivity (Wildman–Crippen MR) is 66.9 cm³/mol.